The van der Waals surface area contributed by atoms with Gasteiger partial charge in [-0.05, 0) is 18.1 Å². The third-order valence-electron chi connectivity index (χ3n) is 1.95. The van der Waals surface area contributed by atoms with Crippen molar-refractivity contribution in [1.82, 2.24) is 0 Å². The van der Waals surface area contributed by atoms with Crippen LogP contribution in [0.1, 0.15) is 5.56 Å². The second-order valence-electron chi connectivity index (χ2n) is 2.99. The van der Waals surface area contributed by atoms with E-state index < -0.39 is 17.9 Å². The molecule has 0 aromatic heterocycles. The van der Waals surface area contributed by atoms with E-state index in [-0.39, 0.29) is 65.5 Å². The van der Waals surface area contributed by atoms with Crippen molar-refractivity contribution < 1.29 is 78.9 Å². The Morgan fingerprint density at radius 1 is 1.12 bits per heavy atom. The molecule has 0 aliphatic rings. The number of carboxylic acids is 2. The van der Waals surface area contributed by atoms with Gasteiger partial charge in [0.25, 0.3) is 0 Å². The summed E-state index contributed by atoms with van der Waals surface area (Å²) < 4.78 is 0.664. The zero-order valence-electron chi connectivity index (χ0n) is 9.60. The van der Waals surface area contributed by atoms with Crippen molar-refractivity contribution >= 4 is 27.9 Å². The first kappa shape index (κ1) is 20.0. The Morgan fingerprint density at radius 3 is 2.00 bits per heavy atom. The van der Waals surface area contributed by atoms with Crippen LogP contribution in [0.3, 0.4) is 0 Å². The maximum absolute atomic E-state index is 10.5. The average Bonchev–Trinajstić information content (AvgIpc) is 2.15. The molecule has 0 fully saturated rings. The number of hydrogen-bond acceptors (Lipinski definition) is 4. The molecule has 1 rings (SSSR count). The van der Waals surface area contributed by atoms with Crippen LogP contribution in [-0.4, -0.2) is 11.9 Å². The SMILES string of the molecule is O=C([O-])C(Cc1ccccc1Br)C(=O)[O-].[Na+].[Na+]. The molecular formula is C10H7BrNa2O4. The number of carbonyl (C=O) groups is 2. The number of aliphatic carboxylic acids is 2. The molecule has 17 heavy (non-hydrogen) atoms. The summed E-state index contributed by atoms with van der Waals surface area (Å²) in [7, 11) is 0. The third-order valence-corrected chi connectivity index (χ3v) is 2.72. The molecule has 0 heterocycles. The van der Waals surface area contributed by atoms with Gasteiger partial charge in [0, 0.05) is 10.4 Å². The van der Waals surface area contributed by atoms with Crippen LogP contribution in [0.4, 0.5) is 0 Å². The Balaban J connectivity index is 0. The molecule has 0 bridgehead atoms. The minimum Gasteiger partial charge on any atom is -0.549 e. The van der Waals surface area contributed by atoms with Crippen molar-refractivity contribution in [3.63, 3.8) is 0 Å². The molecule has 0 N–H and O–H groups in total. The molecule has 1 aromatic rings. The normalized spacial score (nSPS) is 9.06. The van der Waals surface area contributed by atoms with Gasteiger partial charge in [-0.3, -0.25) is 0 Å². The number of rotatable bonds is 4. The van der Waals surface area contributed by atoms with Crippen LogP contribution in [-0.2, 0) is 16.0 Å². The van der Waals surface area contributed by atoms with E-state index in [0.29, 0.717) is 10.0 Å². The molecule has 0 aliphatic heterocycles. The van der Waals surface area contributed by atoms with Gasteiger partial charge in [0.2, 0.25) is 0 Å². The molecule has 0 aliphatic carbocycles. The van der Waals surface area contributed by atoms with Crippen LogP contribution < -0.4 is 69.3 Å². The van der Waals surface area contributed by atoms with E-state index in [4.69, 9.17) is 0 Å². The summed E-state index contributed by atoms with van der Waals surface area (Å²) in [5.41, 5.74) is 0.593. The van der Waals surface area contributed by atoms with Crippen molar-refractivity contribution in [1.29, 1.82) is 0 Å². The first-order valence-corrected chi connectivity index (χ1v) is 4.96. The molecule has 0 spiro atoms. The Labute approximate surface area is 151 Å². The summed E-state index contributed by atoms with van der Waals surface area (Å²) in [4.78, 5) is 21.0. The fourth-order valence-corrected chi connectivity index (χ4v) is 1.59. The largest absolute Gasteiger partial charge is 1.00 e. The summed E-state index contributed by atoms with van der Waals surface area (Å²) in [6, 6.07) is 6.79. The van der Waals surface area contributed by atoms with Crippen LogP contribution in [0.15, 0.2) is 28.7 Å². The topological polar surface area (TPSA) is 80.3 Å². The van der Waals surface area contributed by atoms with Crippen LogP contribution >= 0.6 is 15.9 Å². The minimum absolute atomic E-state index is 0. The fourth-order valence-electron chi connectivity index (χ4n) is 1.15. The van der Waals surface area contributed by atoms with Gasteiger partial charge in [0.15, 0.2) is 0 Å². The summed E-state index contributed by atoms with van der Waals surface area (Å²) in [5, 5.41) is 21.0. The van der Waals surface area contributed by atoms with Gasteiger partial charge in [-0.2, -0.15) is 0 Å². The molecule has 0 saturated carbocycles. The number of carbonyl (C=O) groups excluding carboxylic acids is 2. The van der Waals surface area contributed by atoms with Crippen LogP contribution in [0.5, 0.6) is 0 Å². The Kier molecular flexibility index (Phi) is 11.2. The van der Waals surface area contributed by atoms with Crippen molar-refractivity contribution in [3.8, 4) is 0 Å². The van der Waals surface area contributed by atoms with Crippen molar-refractivity contribution in [3.05, 3.63) is 34.3 Å². The number of halogens is 1. The van der Waals surface area contributed by atoms with Gasteiger partial charge in [-0.1, -0.05) is 34.1 Å². The summed E-state index contributed by atoms with van der Waals surface area (Å²) in [6.07, 6.45) is -0.147. The van der Waals surface area contributed by atoms with Gasteiger partial charge < -0.3 is 19.8 Å². The number of carboxylic acid groups (broad SMARTS) is 2. The molecule has 0 saturated heterocycles. The molecule has 80 valence electrons. The van der Waals surface area contributed by atoms with E-state index in [0.717, 1.165) is 0 Å². The first-order valence-electron chi connectivity index (χ1n) is 4.17. The van der Waals surface area contributed by atoms with E-state index in [9.17, 15) is 19.8 Å². The van der Waals surface area contributed by atoms with Gasteiger partial charge in [-0.15, -0.1) is 0 Å². The summed E-state index contributed by atoms with van der Waals surface area (Å²) in [5.74, 6) is -4.89. The minimum atomic E-state index is -1.63. The van der Waals surface area contributed by atoms with Gasteiger partial charge in [0.1, 0.15) is 0 Å². The van der Waals surface area contributed by atoms with Gasteiger partial charge in [0.05, 0.1) is 11.9 Å². The van der Waals surface area contributed by atoms with E-state index in [2.05, 4.69) is 15.9 Å². The van der Waals surface area contributed by atoms with Crippen LogP contribution in [0, 0.1) is 5.92 Å². The molecule has 0 atom stereocenters. The Hall–Kier alpha value is 0.640. The molecule has 1 aromatic carbocycles. The van der Waals surface area contributed by atoms with E-state index in [1.165, 1.54) is 0 Å². The van der Waals surface area contributed by atoms with Crippen LogP contribution in [0.25, 0.3) is 0 Å². The molecule has 0 unspecified atom stereocenters. The van der Waals surface area contributed by atoms with Crippen molar-refractivity contribution in [2.75, 3.05) is 0 Å². The molecular weight excluding hydrogens is 310 g/mol. The maximum atomic E-state index is 10.5. The molecule has 0 radical (unpaired) electrons. The average molecular weight is 317 g/mol. The van der Waals surface area contributed by atoms with Gasteiger partial charge in [-0.25, -0.2) is 0 Å². The van der Waals surface area contributed by atoms with Gasteiger partial charge >= 0.3 is 59.1 Å². The fraction of sp³-hybridized carbons (Fsp3) is 0.200. The van der Waals surface area contributed by atoms with Crippen molar-refractivity contribution in [2.45, 2.75) is 6.42 Å². The standard InChI is InChI=1S/C10H9BrO4.2Na/c11-8-4-2-1-3-6(8)5-7(9(12)13)10(14)15;;/h1-4,7H,5H2,(H,12,13)(H,14,15);;/q;2*+1/p-2. The van der Waals surface area contributed by atoms with E-state index in [1.54, 1.807) is 24.3 Å². The second kappa shape index (κ2) is 9.55. The Morgan fingerprint density at radius 2 is 1.59 bits per heavy atom. The zero-order chi connectivity index (χ0) is 11.4. The molecule has 0 amide bonds. The number of benzene rings is 1. The number of hydrogen-bond donors (Lipinski definition) is 0. The van der Waals surface area contributed by atoms with E-state index >= 15 is 0 Å². The monoisotopic (exact) mass is 316 g/mol. The predicted molar refractivity (Wildman–Crippen MR) is 51.4 cm³/mol. The molecule has 4 nitrogen and oxygen atoms in total. The summed E-state index contributed by atoms with van der Waals surface area (Å²) in [6.45, 7) is 0. The zero-order valence-corrected chi connectivity index (χ0v) is 15.2. The molecule has 7 heteroatoms. The smallest absolute Gasteiger partial charge is 0.549 e. The van der Waals surface area contributed by atoms with Crippen LogP contribution in [0.2, 0.25) is 0 Å². The maximum Gasteiger partial charge on any atom is 1.00 e. The Bertz CT molecular complexity index is 384. The first-order chi connectivity index (χ1) is 7.02. The van der Waals surface area contributed by atoms with E-state index in [1.807, 2.05) is 0 Å². The van der Waals surface area contributed by atoms with Crippen molar-refractivity contribution in [2.24, 2.45) is 5.92 Å². The summed E-state index contributed by atoms with van der Waals surface area (Å²) >= 11 is 3.20. The third kappa shape index (κ3) is 6.38. The predicted octanol–water partition coefficient (Wildman–Crippen LogP) is -6.88. The quantitative estimate of drug-likeness (QED) is 0.408. The second-order valence-corrected chi connectivity index (χ2v) is 3.84.